The molecule has 1 saturated heterocycles. The van der Waals surface area contributed by atoms with Crippen LogP contribution in [0.2, 0.25) is 0 Å². The van der Waals surface area contributed by atoms with Crippen molar-refractivity contribution in [3.63, 3.8) is 0 Å². The van der Waals surface area contributed by atoms with Crippen molar-refractivity contribution >= 4 is 15.5 Å². The summed E-state index contributed by atoms with van der Waals surface area (Å²) in [6.07, 6.45) is 6.28. The van der Waals surface area contributed by atoms with Crippen molar-refractivity contribution < 1.29 is 21.6 Å². The van der Waals surface area contributed by atoms with Crippen LogP contribution in [0.3, 0.4) is 0 Å². The highest BCUT2D eigenvalue weighted by atomic mass is 32.2. The molecule has 0 amide bonds. The van der Waals surface area contributed by atoms with Gasteiger partial charge in [-0.05, 0) is 55.7 Å². The lowest BCUT2D eigenvalue weighted by molar-refractivity contribution is -0.136. The lowest BCUT2D eigenvalue weighted by Crippen LogP contribution is -2.50. The van der Waals surface area contributed by atoms with Crippen molar-refractivity contribution in [2.45, 2.75) is 76.8 Å². The van der Waals surface area contributed by atoms with Crippen LogP contribution in [0.15, 0.2) is 23.3 Å². The first-order valence-electron chi connectivity index (χ1n) is 13.9. The monoisotopic (exact) mass is 572 g/mol. The summed E-state index contributed by atoms with van der Waals surface area (Å²) in [5, 5.41) is 0. The fourth-order valence-electron chi connectivity index (χ4n) is 6.91. The Labute approximate surface area is 227 Å². The molecule has 0 aromatic carbocycles. The van der Waals surface area contributed by atoms with Gasteiger partial charge in [0.25, 0.3) is 0 Å². The summed E-state index contributed by atoms with van der Waals surface area (Å²) in [7, 11) is -1.53. The number of pyridine rings is 1. The minimum Gasteiger partial charge on any atom is -0.295 e. The third-order valence-electron chi connectivity index (χ3n) is 9.07. The van der Waals surface area contributed by atoms with E-state index in [-0.39, 0.29) is 36.4 Å². The summed E-state index contributed by atoms with van der Waals surface area (Å²) < 4.78 is 70.3. The molecule has 3 aliphatic rings. The van der Waals surface area contributed by atoms with E-state index in [1.165, 1.54) is 36.2 Å². The number of halogens is 3. The first kappa shape index (κ1) is 28.6. The molecule has 2 aromatic rings. The summed E-state index contributed by atoms with van der Waals surface area (Å²) in [4.78, 5) is 15.9. The Kier molecular flexibility index (Phi) is 7.92. The van der Waals surface area contributed by atoms with Crippen molar-refractivity contribution in [1.82, 2.24) is 29.0 Å². The highest BCUT2D eigenvalue weighted by Crippen LogP contribution is 2.47. The number of hydrogen-bond donors (Lipinski definition) is 2. The molecule has 9 nitrogen and oxygen atoms in total. The zero-order chi connectivity index (χ0) is 28.1. The third kappa shape index (κ3) is 5.65. The standard InChI is InChI=1S/C26H39F3N6O3S/c1-4-33(39(3,37)38)13-17-11-21(26(27,28)29)22-15-34(25(36)35(22)14-17)20-10-6-9-19(12-20)23(18-7-5-8-18)24-31-30-16-32(24)2/h11,14-15,18-20,23-24,30-31H,4-10,12-13,16H2,1-3H3/t19?,20?,23-,24?/m1/s1. The summed E-state index contributed by atoms with van der Waals surface area (Å²) in [5.74, 6) is 1.37. The van der Waals surface area contributed by atoms with E-state index in [9.17, 15) is 26.4 Å². The molecule has 0 spiro atoms. The number of alkyl halides is 3. The topological polar surface area (TPSA) is 91.1 Å². The number of rotatable bonds is 8. The van der Waals surface area contributed by atoms with E-state index in [4.69, 9.17) is 0 Å². The number of sulfonamides is 1. The third-order valence-corrected chi connectivity index (χ3v) is 10.4. The Balaban J connectivity index is 1.49. The van der Waals surface area contributed by atoms with Crippen LogP contribution in [0.5, 0.6) is 0 Å². The van der Waals surface area contributed by atoms with E-state index in [0.717, 1.165) is 53.4 Å². The van der Waals surface area contributed by atoms with Crippen molar-refractivity contribution in [2.75, 3.05) is 26.5 Å². The quantitative estimate of drug-likeness (QED) is 0.504. The van der Waals surface area contributed by atoms with E-state index in [1.807, 2.05) is 0 Å². The lowest BCUT2D eigenvalue weighted by atomic mass is 9.65. The Bertz CT molecular complexity index is 1350. The Morgan fingerprint density at radius 3 is 2.38 bits per heavy atom. The van der Waals surface area contributed by atoms with Crippen molar-refractivity contribution in [3.8, 4) is 0 Å². The van der Waals surface area contributed by atoms with Crippen molar-refractivity contribution in [2.24, 2.45) is 17.8 Å². The molecule has 13 heteroatoms. The van der Waals surface area contributed by atoms with Crippen LogP contribution in [0.1, 0.15) is 69.0 Å². The van der Waals surface area contributed by atoms with Crippen LogP contribution in [0.25, 0.3) is 5.52 Å². The van der Waals surface area contributed by atoms with E-state index in [2.05, 4.69) is 22.8 Å². The molecule has 3 unspecified atom stereocenters. The smallest absolute Gasteiger partial charge is 0.295 e. The fourth-order valence-corrected chi connectivity index (χ4v) is 7.76. The van der Waals surface area contributed by atoms with Gasteiger partial charge in [-0.3, -0.25) is 13.9 Å². The molecular weight excluding hydrogens is 533 g/mol. The van der Waals surface area contributed by atoms with Crippen LogP contribution >= 0.6 is 0 Å². The normalized spacial score (nSPS) is 26.4. The highest BCUT2D eigenvalue weighted by Gasteiger charge is 2.44. The second-order valence-electron chi connectivity index (χ2n) is 11.6. The van der Waals surface area contributed by atoms with Gasteiger partial charge in [-0.1, -0.05) is 32.6 Å². The van der Waals surface area contributed by atoms with Gasteiger partial charge in [0.15, 0.2) is 0 Å². The summed E-state index contributed by atoms with van der Waals surface area (Å²) in [6.45, 7) is 2.25. The Morgan fingerprint density at radius 2 is 1.82 bits per heavy atom. The molecule has 0 radical (unpaired) electrons. The molecule has 218 valence electrons. The number of nitrogens with zero attached hydrogens (tertiary/aromatic N) is 4. The van der Waals surface area contributed by atoms with Gasteiger partial charge in [0.2, 0.25) is 10.0 Å². The maximum Gasteiger partial charge on any atom is 0.418 e. The molecule has 0 bridgehead atoms. The molecule has 39 heavy (non-hydrogen) atoms. The zero-order valence-electron chi connectivity index (χ0n) is 22.7. The van der Waals surface area contributed by atoms with E-state index in [1.54, 1.807) is 6.92 Å². The number of imidazole rings is 1. The van der Waals surface area contributed by atoms with Crippen LogP contribution in [0.4, 0.5) is 13.2 Å². The molecule has 3 fully saturated rings. The molecule has 4 atom stereocenters. The lowest BCUT2D eigenvalue weighted by Gasteiger charge is -2.46. The predicted molar refractivity (Wildman–Crippen MR) is 142 cm³/mol. The molecule has 3 heterocycles. The van der Waals surface area contributed by atoms with Crippen LogP contribution in [0, 0.1) is 17.8 Å². The van der Waals surface area contributed by atoms with Gasteiger partial charge in [-0.15, -0.1) is 0 Å². The van der Waals surface area contributed by atoms with Gasteiger partial charge in [0, 0.05) is 31.5 Å². The molecule has 1 aliphatic heterocycles. The highest BCUT2D eigenvalue weighted by molar-refractivity contribution is 7.88. The van der Waals surface area contributed by atoms with E-state index >= 15 is 0 Å². The number of hydrogen-bond acceptors (Lipinski definition) is 6. The first-order valence-corrected chi connectivity index (χ1v) is 15.7. The summed E-state index contributed by atoms with van der Waals surface area (Å²) in [6, 6.07) is 0.781. The first-order chi connectivity index (χ1) is 18.4. The number of fused-ring (bicyclic) bond motifs is 1. The zero-order valence-corrected chi connectivity index (χ0v) is 23.6. The molecule has 5 rings (SSSR count). The van der Waals surface area contributed by atoms with Crippen LogP contribution < -0.4 is 16.5 Å². The second kappa shape index (κ2) is 10.8. The second-order valence-corrected chi connectivity index (χ2v) is 13.5. The van der Waals surface area contributed by atoms with Gasteiger partial charge < -0.3 is 0 Å². The van der Waals surface area contributed by atoms with Crippen molar-refractivity contribution in [1.29, 1.82) is 0 Å². The molecule has 2 aromatic heterocycles. The predicted octanol–water partition coefficient (Wildman–Crippen LogP) is 3.37. The fraction of sp³-hybridized carbons (Fsp3) is 0.731. The van der Waals surface area contributed by atoms with Crippen molar-refractivity contribution in [3.05, 3.63) is 40.1 Å². The van der Waals surface area contributed by atoms with Gasteiger partial charge in [0.05, 0.1) is 30.2 Å². The van der Waals surface area contributed by atoms with Crippen LogP contribution in [-0.2, 0) is 22.7 Å². The average molecular weight is 573 g/mol. The largest absolute Gasteiger partial charge is 0.418 e. The Hall–Kier alpha value is -1.93. The van der Waals surface area contributed by atoms with Gasteiger partial charge >= 0.3 is 11.9 Å². The number of nitrogens with one attached hydrogen (secondary N) is 2. The van der Waals surface area contributed by atoms with Gasteiger partial charge in [-0.25, -0.2) is 24.1 Å². The minimum atomic E-state index is -4.70. The van der Waals surface area contributed by atoms with Gasteiger partial charge in [-0.2, -0.15) is 17.5 Å². The maximum absolute atomic E-state index is 14.2. The molecule has 2 aliphatic carbocycles. The summed E-state index contributed by atoms with van der Waals surface area (Å²) in [5.41, 5.74) is 5.16. The SMILES string of the molecule is CCN(Cc1cc(C(F)(F)F)c2cn(C3CCCC([C@@H](C4CCC4)C4NNCN4C)C3)c(=O)n2c1)S(C)(=O)=O. The molecule has 2 saturated carbocycles. The average Bonchev–Trinajstić information content (AvgIpc) is 3.40. The molecular formula is C26H39F3N6O3S. The number of aromatic nitrogens is 2. The van der Waals surface area contributed by atoms with Crippen LogP contribution in [-0.4, -0.2) is 59.3 Å². The minimum absolute atomic E-state index is 0.111. The summed E-state index contributed by atoms with van der Waals surface area (Å²) >= 11 is 0. The Morgan fingerprint density at radius 1 is 1.13 bits per heavy atom. The number of hydrazine groups is 1. The van der Waals surface area contributed by atoms with Gasteiger partial charge in [0.1, 0.15) is 0 Å². The molecule has 2 N–H and O–H groups in total. The van der Waals surface area contributed by atoms with E-state index < -0.39 is 27.5 Å². The van der Waals surface area contributed by atoms with E-state index in [0.29, 0.717) is 17.8 Å². The maximum atomic E-state index is 14.2.